The minimum Gasteiger partial charge on any atom is -0.497 e. The third-order valence-corrected chi connectivity index (χ3v) is 5.16. The molecule has 2 aliphatic rings. The van der Waals surface area contributed by atoms with Crippen molar-refractivity contribution < 1.29 is 14.3 Å². The van der Waals surface area contributed by atoms with E-state index < -0.39 is 5.91 Å². The Kier molecular flexibility index (Phi) is 4.94. The number of hydrogen-bond acceptors (Lipinski definition) is 6. The van der Waals surface area contributed by atoms with Crippen LogP contribution in [0.2, 0.25) is 0 Å². The summed E-state index contributed by atoms with van der Waals surface area (Å²) in [5.74, 6) is -0.347. The Hall–Kier alpha value is -3.39. The molecular weight excluding hydrogens is 376 g/mol. The quantitative estimate of drug-likeness (QED) is 0.844. The van der Waals surface area contributed by atoms with E-state index in [1.165, 1.54) is 17.4 Å². The third kappa shape index (κ3) is 3.81. The second kappa shape index (κ2) is 7.69. The van der Waals surface area contributed by atoms with Crippen LogP contribution < -0.4 is 10.1 Å². The lowest BCUT2D eigenvalue weighted by Gasteiger charge is -2.20. The molecule has 0 radical (unpaired) electrons. The minimum atomic E-state index is -0.436. The molecule has 1 aliphatic carbocycles. The maximum atomic E-state index is 12.7. The van der Waals surface area contributed by atoms with Crippen LogP contribution in [0, 0.1) is 5.92 Å². The van der Waals surface area contributed by atoms with Gasteiger partial charge in [0.15, 0.2) is 0 Å². The van der Waals surface area contributed by atoms with E-state index in [4.69, 9.17) is 4.74 Å². The highest BCUT2D eigenvalue weighted by Gasteiger charge is 2.29. The van der Waals surface area contributed by atoms with Crippen LogP contribution >= 0.6 is 11.3 Å². The van der Waals surface area contributed by atoms with Gasteiger partial charge in [0.2, 0.25) is 5.13 Å². The summed E-state index contributed by atoms with van der Waals surface area (Å²) in [6.45, 7) is 0. The fourth-order valence-corrected chi connectivity index (χ4v) is 3.72. The van der Waals surface area contributed by atoms with Crippen LogP contribution in [-0.2, 0) is 16.0 Å². The lowest BCUT2D eigenvalue weighted by molar-refractivity contribution is -0.116. The number of aromatic nitrogens is 2. The number of allylic oxidation sites excluding steroid dienone is 4. The average molecular weight is 392 g/mol. The maximum Gasteiger partial charge on any atom is 0.270 e. The number of carbonyl (C=O) groups excluding carboxylic acids is 2. The Morgan fingerprint density at radius 1 is 1.21 bits per heavy atom. The number of ether oxygens (including phenoxy) is 1. The van der Waals surface area contributed by atoms with Crippen molar-refractivity contribution >= 4 is 34.0 Å². The van der Waals surface area contributed by atoms with Gasteiger partial charge in [-0.15, -0.1) is 10.2 Å². The SMILES string of the molecule is COc1ccc(Cc2nnc(NC(=O)C3=CC(=O)N=C4C=CC=CC34)s2)cc1. The van der Waals surface area contributed by atoms with E-state index in [0.29, 0.717) is 22.8 Å². The second-order valence-corrected chi connectivity index (χ2v) is 7.24. The molecule has 140 valence electrons. The Bertz CT molecular complexity index is 1050. The summed E-state index contributed by atoms with van der Waals surface area (Å²) in [6.07, 6.45) is 9.07. The first-order valence-corrected chi connectivity index (χ1v) is 9.39. The van der Waals surface area contributed by atoms with Crippen molar-refractivity contribution in [3.63, 3.8) is 0 Å². The summed E-state index contributed by atoms with van der Waals surface area (Å²) in [5, 5.41) is 12.1. The summed E-state index contributed by atoms with van der Waals surface area (Å²) in [5.41, 5.74) is 1.98. The Morgan fingerprint density at radius 2 is 2.04 bits per heavy atom. The minimum absolute atomic E-state index is 0.325. The highest BCUT2D eigenvalue weighted by atomic mass is 32.1. The zero-order chi connectivity index (χ0) is 19.5. The summed E-state index contributed by atoms with van der Waals surface area (Å²) in [7, 11) is 1.62. The summed E-state index contributed by atoms with van der Waals surface area (Å²) in [4.78, 5) is 28.4. The van der Waals surface area contributed by atoms with Crippen molar-refractivity contribution in [1.29, 1.82) is 0 Å². The molecule has 1 aromatic carbocycles. The highest BCUT2D eigenvalue weighted by Crippen LogP contribution is 2.26. The van der Waals surface area contributed by atoms with E-state index in [0.717, 1.165) is 16.3 Å². The van der Waals surface area contributed by atoms with E-state index >= 15 is 0 Å². The van der Waals surface area contributed by atoms with Gasteiger partial charge in [-0.1, -0.05) is 41.7 Å². The van der Waals surface area contributed by atoms with Gasteiger partial charge in [-0.2, -0.15) is 0 Å². The van der Waals surface area contributed by atoms with Crippen molar-refractivity contribution in [1.82, 2.24) is 10.2 Å². The predicted octanol–water partition coefficient (Wildman–Crippen LogP) is 2.73. The smallest absolute Gasteiger partial charge is 0.270 e. The lowest BCUT2D eigenvalue weighted by Crippen LogP contribution is -2.28. The molecule has 1 aliphatic heterocycles. The number of aliphatic imine (C=N–C) groups is 1. The molecule has 28 heavy (non-hydrogen) atoms. The number of benzene rings is 1. The second-order valence-electron chi connectivity index (χ2n) is 6.18. The van der Waals surface area contributed by atoms with Crippen LogP contribution in [0.5, 0.6) is 5.75 Å². The zero-order valence-corrected chi connectivity index (χ0v) is 15.8. The van der Waals surface area contributed by atoms with Crippen LogP contribution in [0.4, 0.5) is 5.13 Å². The molecule has 2 amide bonds. The number of nitrogens with zero attached hydrogens (tertiary/aromatic N) is 3. The Balaban J connectivity index is 1.44. The molecule has 0 saturated carbocycles. The Labute approximate surface area is 165 Å². The first-order chi connectivity index (χ1) is 13.6. The molecule has 2 heterocycles. The number of amides is 2. The molecule has 1 unspecified atom stereocenters. The van der Waals surface area contributed by atoms with Gasteiger partial charge in [0.1, 0.15) is 10.8 Å². The van der Waals surface area contributed by atoms with E-state index in [-0.39, 0.29) is 11.8 Å². The largest absolute Gasteiger partial charge is 0.497 e. The molecule has 0 fully saturated rings. The normalized spacial score (nSPS) is 17.6. The average Bonchev–Trinajstić information content (AvgIpc) is 3.14. The van der Waals surface area contributed by atoms with Crippen LogP contribution in [0.15, 0.2) is 65.2 Å². The molecule has 4 rings (SSSR count). The van der Waals surface area contributed by atoms with Gasteiger partial charge in [0.05, 0.1) is 18.7 Å². The van der Waals surface area contributed by atoms with Crippen LogP contribution in [0.25, 0.3) is 0 Å². The number of dihydropyridines is 1. The highest BCUT2D eigenvalue weighted by molar-refractivity contribution is 7.15. The van der Waals surface area contributed by atoms with Gasteiger partial charge in [0, 0.05) is 18.1 Å². The standard InChI is InChI=1S/C20H16N4O3S/c1-27-13-8-6-12(7-9-13)10-18-23-24-20(28-18)22-19(26)15-11-17(25)21-16-5-3-2-4-14(15)16/h2-9,11,14H,10H2,1H3,(H,22,24,26). The molecule has 1 atom stereocenters. The first-order valence-electron chi connectivity index (χ1n) is 8.58. The number of nitrogens with one attached hydrogen (secondary N) is 1. The molecule has 0 spiro atoms. The number of anilines is 1. The number of fused-ring (bicyclic) bond motifs is 1. The molecule has 1 aromatic heterocycles. The molecular formula is C20H16N4O3S. The molecule has 2 aromatic rings. The van der Waals surface area contributed by atoms with Gasteiger partial charge < -0.3 is 4.74 Å². The van der Waals surface area contributed by atoms with Crippen molar-refractivity contribution in [3.8, 4) is 5.75 Å². The van der Waals surface area contributed by atoms with Crippen molar-refractivity contribution in [3.05, 3.63) is 70.8 Å². The molecule has 1 N–H and O–H groups in total. The molecule has 7 nitrogen and oxygen atoms in total. The monoisotopic (exact) mass is 392 g/mol. The predicted molar refractivity (Wildman–Crippen MR) is 107 cm³/mol. The Morgan fingerprint density at radius 3 is 2.82 bits per heavy atom. The van der Waals surface area contributed by atoms with Crippen LogP contribution in [0.1, 0.15) is 10.6 Å². The molecule has 8 heteroatoms. The maximum absolute atomic E-state index is 12.7. The van der Waals surface area contributed by atoms with Gasteiger partial charge in [-0.3, -0.25) is 14.9 Å². The van der Waals surface area contributed by atoms with E-state index in [9.17, 15) is 9.59 Å². The number of carbonyl (C=O) groups is 2. The van der Waals surface area contributed by atoms with Crippen LogP contribution in [0.3, 0.4) is 0 Å². The van der Waals surface area contributed by atoms with Gasteiger partial charge in [-0.05, 0) is 23.8 Å². The molecule has 0 saturated heterocycles. The van der Waals surface area contributed by atoms with E-state index in [2.05, 4.69) is 20.5 Å². The van der Waals surface area contributed by atoms with Gasteiger partial charge in [0.25, 0.3) is 11.8 Å². The number of hydrogen-bond donors (Lipinski definition) is 1. The van der Waals surface area contributed by atoms with Crippen LogP contribution in [-0.4, -0.2) is 34.8 Å². The summed E-state index contributed by atoms with van der Waals surface area (Å²) in [6, 6.07) is 7.69. The third-order valence-electron chi connectivity index (χ3n) is 4.32. The van der Waals surface area contributed by atoms with Gasteiger partial charge >= 0.3 is 0 Å². The van der Waals surface area contributed by atoms with Crippen molar-refractivity contribution in [2.75, 3.05) is 12.4 Å². The summed E-state index contributed by atoms with van der Waals surface area (Å²) < 4.78 is 5.15. The topological polar surface area (TPSA) is 93.5 Å². The first kappa shape index (κ1) is 18.0. The van der Waals surface area contributed by atoms with E-state index in [1.807, 2.05) is 36.4 Å². The van der Waals surface area contributed by atoms with Crippen molar-refractivity contribution in [2.24, 2.45) is 10.9 Å². The lowest BCUT2D eigenvalue weighted by atomic mass is 9.87. The number of rotatable bonds is 5. The fraction of sp³-hybridized carbons (Fsp3) is 0.150. The van der Waals surface area contributed by atoms with Gasteiger partial charge in [-0.25, -0.2) is 4.99 Å². The fourth-order valence-electron chi connectivity index (χ4n) is 2.95. The number of methoxy groups -OCH3 is 1. The van der Waals surface area contributed by atoms with Crippen molar-refractivity contribution in [2.45, 2.75) is 6.42 Å². The van der Waals surface area contributed by atoms with E-state index in [1.54, 1.807) is 19.3 Å². The zero-order valence-electron chi connectivity index (χ0n) is 15.0. The summed E-state index contributed by atoms with van der Waals surface area (Å²) >= 11 is 1.30. The molecule has 0 bridgehead atoms.